The van der Waals surface area contributed by atoms with Gasteiger partial charge in [0.15, 0.2) is 0 Å². The number of carbonyl (C=O) groups is 1. The van der Waals surface area contributed by atoms with Gasteiger partial charge in [-0.1, -0.05) is 13.8 Å². The Morgan fingerprint density at radius 2 is 1.64 bits per heavy atom. The maximum atomic E-state index is 12.1. The number of amides is 1. The minimum Gasteiger partial charge on any atom is -0.342 e. The Morgan fingerprint density at radius 1 is 1.05 bits per heavy atom. The molecule has 3 aliphatic heterocycles. The van der Waals surface area contributed by atoms with Gasteiger partial charge in [0.05, 0.1) is 0 Å². The zero-order valence-electron chi connectivity index (χ0n) is 14.8. The minimum absolute atomic E-state index is 0.147. The predicted molar refractivity (Wildman–Crippen MR) is 89.8 cm³/mol. The average Bonchev–Trinajstić information content (AvgIpc) is 2.52. The van der Waals surface area contributed by atoms with Gasteiger partial charge in [0.1, 0.15) is 0 Å². The molecule has 0 spiro atoms. The van der Waals surface area contributed by atoms with Crippen molar-refractivity contribution in [1.82, 2.24) is 14.7 Å². The van der Waals surface area contributed by atoms with Crippen molar-refractivity contribution in [2.45, 2.75) is 65.1 Å². The molecule has 2 bridgehead atoms. The fourth-order valence-electron chi connectivity index (χ4n) is 4.44. The lowest BCUT2D eigenvalue weighted by atomic mass is 9.84. The largest absolute Gasteiger partial charge is 0.342 e. The summed E-state index contributed by atoms with van der Waals surface area (Å²) in [6.45, 7) is 14.4. The van der Waals surface area contributed by atoms with Crippen LogP contribution in [0.15, 0.2) is 0 Å². The Labute approximate surface area is 135 Å². The van der Waals surface area contributed by atoms with Gasteiger partial charge in [-0.15, -0.1) is 0 Å². The van der Waals surface area contributed by atoms with Crippen LogP contribution in [0.1, 0.15) is 47.0 Å². The van der Waals surface area contributed by atoms with Crippen LogP contribution in [-0.4, -0.2) is 71.5 Å². The quantitative estimate of drug-likeness (QED) is 0.795. The highest BCUT2D eigenvalue weighted by molar-refractivity contribution is 5.78. The normalized spacial score (nSPS) is 30.9. The molecule has 4 heteroatoms. The molecule has 0 aromatic rings. The van der Waals surface area contributed by atoms with Gasteiger partial charge in [0, 0.05) is 56.8 Å². The molecule has 22 heavy (non-hydrogen) atoms. The first-order valence-electron chi connectivity index (χ1n) is 9.24. The number of piperazine rings is 1. The molecule has 0 radical (unpaired) electrons. The van der Waals surface area contributed by atoms with Gasteiger partial charge in [0.2, 0.25) is 5.91 Å². The molecule has 3 saturated heterocycles. The third-order valence-electron chi connectivity index (χ3n) is 5.99. The van der Waals surface area contributed by atoms with Gasteiger partial charge in [-0.3, -0.25) is 14.6 Å². The van der Waals surface area contributed by atoms with Crippen LogP contribution in [0.3, 0.4) is 0 Å². The average molecular weight is 307 g/mol. The first kappa shape index (κ1) is 16.3. The lowest BCUT2D eigenvalue weighted by Crippen LogP contribution is -2.70. The van der Waals surface area contributed by atoms with E-state index in [1.165, 1.54) is 38.9 Å². The van der Waals surface area contributed by atoms with Crippen LogP contribution in [0, 0.1) is 11.8 Å². The van der Waals surface area contributed by atoms with E-state index in [0.29, 0.717) is 11.9 Å². The Balaban J connectivity index is 1.44. The fraction of sp³-hybridized carbons (Fsp3) is 0.944. The number of piperidine rings is 2. The molecule has 0 aromatic heterocycles. The van der Waals surface area contributed by atoms with Gasteiger partial charge in [-0.05, 0) is 39.0 Å². The first-order chi connectivity index (χ1) is 10.5. The lowest BCUT2D eigenvalue weighted by molar-refractivity contribution is -0.136. The fourth-order valence-corrected chi connectivity index (χ4v) is 4.44. The second kappa shape index (κ2) is 6.48. The molecule has 2 atom stereocenters. The summed E-state index contributed by atoms with van der Waals surface area (Å²) in [7, 11) is 0. The SMILES string of the molecule is CC(C)C(=O)N1CCC(CN2C3CC2CN(C(C)C)C3)CC1. The molecule has 4 nitrogen and oxygen atoms in total. The monoisotopic (exact) mass is 307 g/mol. The number of hydrogen-bond donors (Lipinski definition) is 0. The van der Waals surface area contributed by atoms with Crippen molar-refractivity contribution in [2.24, 2.45) is 11.8 Å². The van der Waals surface area contributed by atoms with Crippen molar-refractivity contribution in [3.8, 4) is 0 Å². The summed E-state index contributed by atoms with van der Waals surface area (Å²) in [4.78, 5) is 19.6. The third-order valence-corrected chi connectivity index (χ3v) is 5.99. The molecule has 0 aromatic carbocycles. The van der Waals surface area contributed by atoms with Crippen LogP contribution in [0.25, 0.3) is 0 Å². The standard InChI is InChI=1S/C18H33N3O/c1-13(2)18(22)19-7-5-15(6-8-19)10-21-16-9-17(21)12-20(11-16)14(3)4/h13-17H,5-12H2,1-4H3. The van der Waals surface area contributed by atoms with Crippen molar-refractivity contribution < 1.29 is 4.79 Å². The van der Waals surface area contributed by atoms with Gasteiger partial charge in [-0.25, -0.2) is 0 Å². The second-order valence-corrected chi connectivity index (χ2v) is 8.21. The molecule has 126 valence electrons. The van der Waals surface area contributed by atoms with Crippen LogP contribution in [0.4, 0.5) is 0 Å². The molecule has 3 rings (SSSR count). The summed E-state index contributed by atoms with van der Waals surface area (Å²) in [6, 6.07) is 2.30. The summed E-state index contributed by atoms with van der Waals surface area (Å²) in [5.74, 6) is 1.28. The Kier molecular flexibility index (Phi) is 4.79. The molecule has 3 heterocycles. The summed E-state index contributed by atoms with van der Waals surface area (Å²) < 4.78 is 0. The number of nitrogens with zero attached hydrogens (tertiary/aromatic N) is 3. The molecule has 0 aliphatic carbocycles. The summed E-state index contributed by atoms with van der Waals surface area (Å²) >= 11 is 0. The second-order valence-electron chi connectivity index (χ2n) is 8.21. The van der Waals surface area contributed by atoms with Gasteiger partial charge >= 0.3 is 0 Å². The minimum atomic E-state index is 0.147. The van der Waals surface area contributed by atoms with Crippen molar-refractivity contribution in [2.75, 3.05) is 32.7 Å². The van der Waals surface area contributed by atoms with E-state index in [-0.39, 0.29) is 5.92 Å². The predicted octanol–water partition coefficient (Wildman–Crippen LogP) is 2.05. The van der Waals surface area contributed by atoms with Crippen molar-refractivity contribution in [1.29, 1.82) is 0 Å². The van der Waals surface area contributed by atoms with Gasteiger partial charge in [0.25, 0.3) is 0 Å². The molecule has 0 N–H and O–H groups in total. The number of rotatable bonds is 4. The van der Waals surface area contributed by atoms with Gasteiger partial charge in [-0.2, -0.15) is 0 Å². The summed E-state index contributed by atoms with van der Waals surface area (Å²) in [5, 5.41) is 0. The summed E-state index contributed by atoms with van der Waals surface area (Å²) in [5.41, 5.74) is 0. The van der Waals surface area contributed by atoms with Crippen LogP contribution >= 0.6 is 0 Å². The Hall–Kier alpha value is -0.610. The molecular formula is C18H33N3O. The molecule has 0 saturated carbocycles. The molecule has 3 aliphatic rings. The molecule has 3 fully saturated rings. The number of hydrogen-bond acceptors (Lipinski definition) is 3. The topological polar surface area (TPSA) is 26.8 Å². The van der Waals surface area contributed by atoms with Crippen LogP contribution in [-0.2, 0) is 4.79 Å². The molecule has 2 unspecified atom stereocenters. The van der Waals surface area contributed by atoms with E-state index < -0.39 is 0 Å². The lowest BCUT2D eigenvalue weighted by Gasteiger charge is -2.58. The van der Waals surface area contributed by atoms with E-state index in [0.717, 1.165) is 31.1 Å². The van der Waals surface area contributed by atoms with E-state index in [4.69, 9.17) is 0 Å². The van der Waals surface area contributed by atoms with E-state index in [1.54, 1.807) is 0 Å². The highest BCUT2D eigenvalue weighted by Crippen LogP contribution is 2.35. The highest BCUT2D eigenvalue weighted by Gasteiger charge is 2.45. The van der Waals surface area contributed by atoms with E-state index >= 15 is 0 Å². The van der Waals surface area contributed by atoms with Crippen molar-refractivity contribution in [3.05, 3.63) is 0 Å². The maximum Gasteiger partial charge on any atom is 0.225 e. The van der Waals surface area contributed by atoms with E-state index in [2.05, 4.69) is 28.5 Å². The smallest absolute Gasteiger partial charge is 0.225 e. The van der Waals surface area contributed by atoms with Gasteiger partial charge < -0.3 is 4.90 Å². The van der Waals surface area contributed by atoms with Crippen LogP contribution in [0.5, 0.6) is 0 Å². The Bertz CT molecular complexity index is 389. The van der Waals surface area contributed by atoms with E-state index in [9.17, 15) is 4.79 Å². The zero-order valence-corrected chi connectivity index (χ0v) is 14.8. The summed E-state index contributed by atoms with van der Waals surface area (Å²) in [6.07, 6.45) is 3.80. The maximum absolute atomic E-state index is 12.1. The Morgan fingerprint density at radius 3 is 2.14 bits per heavy atom. The van der Waals surface area contributed by atoms with E-state index in [1.807, 2.05) is 13.8 Å². The first-order valence-corrected chi connectivity index (χ1v) is 9.24. The van der Waals surface area contributed by atoms with Crippen LogP contribution < -0.4 is 0 Å². The van der Waals surface area contributed by atoms with Crippen molar-refractivity contribution in [3.63, 3.8) is 0 Å². The van der Waals surface area contributed by atoms with Crippen molar-refractivity contribution >= 4 is 5.91 Å². The molecular weight excluding hydrogens is 274 g/mol. The zero-order chi connectivity index (χ0) is 15.9. The van der Waals surface area contributed by atoms with Crippen LogP contribution in [0.2, 0.25) is 0 Å². The third kappa shape index (κ3) is 3.18. The number of likely N-dealkylation sites (tertiary alicyclic amines) is 3. The number of carbonyl (C=O) groups excluding carboxylic acids is 1. The highest BCUT2D eigenvalue weighted by atomic mass is 16.2. The number of fused-ring (bicyclic) bond motifs is 2. The molecule has 1 amide bonds.